The van der Waals surface area contributed by atoms with E-state index in [1.54, 1.807) is 19.2 Å². The molecule has 4 rings (SSSR count). The van der Waals surface area contributed by atoms with Crippen molar-refractivity contribution in [3.05, 3.63) is 29.8 Å². The van der Waals surface area contributed by atoms with Gasteiger partial charge in [0, 0.05) is 51.8 Å². The molecule has 0 spiro atoms. The first-order chi connectivity index (χ1) is 15.5. The van der Waals surface area contributed by atoms with Crippen LogP contribution in [0, 0.1) is 0 Å². The van der Waals surface area contributed by atoms with Crippen molar-refractivity contribution in [1.82, 2.24) is 20.0 Å². The van der Waals surface area contributed by atoms with Crippen molar-refractivity contribution < 1.29 is 19.4 Å². The van der Waals surface area contributed by atoms with Gasteiger partial charge in [0.15, 0.2) is 0 Å². The number of phenols is 1. The number of benzene rings is 1. The van der Waals surface area contributed by atoms with Gasteiger partial charge < -0.3 is 20.1 Å². The molecule has 1 aromatic carbocycles. The Morgan fingerprint density at radius 2 is 1.97 bits per heavy atom. The zero-order valence-electron chi connectivity index (χ0n) is 19.2. The van der Waals surface area contributed by atoms with Crippen LogP contribution in [0.4, 0.5) is 0 Å². The highest BCUT2D eigenvalue weighted by molar-refractivity contribution is 5.83. The molecule has 2 amide bonds. The molecule has 8 nitrogen and oxygen atoms in total. The van der Waals surface area contributed by atoms with Crippen molar-refractivity contribution in [3.63, 3.8) is 0 Å². The number of aromatic hydroxyl groups is 1. The number of hydrogen-bond donors (Lipinski definition) is 2. The molecular formula is C24H36N4O4. The number of hydrogen-bond acceptors (Lipinski definition) is 6. The quantitative estimate of drug-likeness (QED) is 0.657. The first-order valence-electron chi connectivity index (χ1n) is 11.8. The van der Waals surface area contributed by atoms with E-state index < -0.39 is 0 Å². The molecule has 32 heavy (non-hydrogen) atoms. The number of carbonyl (C=O) groups excluding carboxylic acids is 2. The maximum atomic E-state index is 13.0. The van der Waals surface area contributed by atoms with E-state index in [-0.39, 0.29) is 41.7 Å². The van der Waals surface area contributed by atoms with Crippen LogP contribution in [0.15, 0.2) is 24.3 Å². The van der Waals surface area contributed by atoms with Crippen molar-refractivity contribution in [2.45, 2.75) is 62.8 Å². The van der Waals surface area contributed by atoms with Crippen molar-refractivity contribution in [2.75, 3.05) is 40.4 Å². The number of fused-ring (bicyclic) bond motifs is 1. The van der Waals surface area contributed by atoms with Crippen LogP contribution in [0.25, 0.3) is 0 Å². The lowest BCUT2D eigenvalue weighted by Crippen LogP contribution is -2.49. The van der Waals surface area contributed by atoms with E-state index in [0.29, 0.717) is 26.1 Å². The highest BCUT2D eigenvalue weighted by Crippen LogP contribution is 2.29. The summed E-state index contributed by atoms with van der Waals surface area (Å²) in [5.41, 5.74) is 1.08. The fourth-order valence-electron chi connectivity index (χ4n) is 5.63. The summed E-state index contributed by atoms with van der Waals surface area (Å²) in [6, 6.07) is 7.48. The summed E-state index contributed by atoms with van der Waals surface area (Å²) in [5.74, 6) is 0.525. The van der Waals surface area contributed by atoms with E-state index in [4.69, 9.17) is 4.74 Å². The molecular weight excluding hydrogens is 408 g/mol. The maximum absolute atomic E-state index is 13.0. The first-order valence-corrected chi connectivity index (χ1v) is 11.8. The Bertz CT molecular complexity index is 802. The van der Waals surface area contributed by atoms with Crippen molar-refractivity contribution >= 4 is 11.8 Å². The summed E-state index contributed by atoms with van der Waals surface area (Å²) in [4.78, 5) is 32.4. The van der Waals surface area contributed by atoms with Gasteiger partial charge >= 0.3 is 0 Å². The number of ether oxygens (including phenoxy) is 1. The summed E-state index contributed by atoms with van der Waals surface area (Å²) in [6.07, 6.45) is 4.23. The highest BCUT2D eigenvalue weighted by atomic mass is 16.5. The fraction of sp³-hybridized carbons (Fsp3) is 0.667. The summed E-state index contributed by atoms with van der Waals surface area (Å²) in [6.45, 7) is 3.53. The summed E-state index contributed by atoms with van der Waals surface area (Å²) in [5, 5.41) is 12.7. The van der Waals surface area contributed by atoms with E-state index in [0.717, 1.165) is 44.3 Å². The molecule has 1 aromatic rings. The molecule has 3 heterocycles. The maximum Gasteiger partial charge on any atom is 0.239 e. The molecule has 3 aliphatic heterocycles. The van der Waals surface area contributed by atoms with Gasteiger partial charge in [-0.2, -0.15) is 0 Å². The van der Waals surface area contributed by atoms with Crippen LogP contribution in [-0.4, -0.2) is 96.2 Å². The van der Waals surface area contributed by atoms with Crippen LogP contribution in [-0.2, 0) is 20.9 Å². The predicted molar refractivity (Wildman–Crippen MR) is 121 cm³/mol. The van der Waals surface area contributed by atoms with Gasteiger partial charge in [0.05, 0.1) is 12.6 Å². The van der Waals surface area contributed by atoms with E-state index in [1.165, 1.54) is 0 Å². The Hall–Kier alpha value is -2.16. The van der Waals surface area contributed by atoms with Gasteiger partial charge in [0.25, 0.3) is 0 Å². The summed E-state index contributed by atoms with van der Waals surface area (Å²) < 4.78 is 5.29. The number of phenolic OH excluding ortho intramolecular Hbond substituents is 1. The Balaban J connectivity index is 1.36. The lowest BCUT2D eigenvalue weighted by molar-refractivity contribution is -0.133. The molecule has 176 valence electrons. The normalized spacial score (nSPS) is 29.1. The molecule has 4 unspecified atom stereocenters. The lowest BCUT2D eigenvalue weighted by atomic mass is 10.0. The van der Waals surface area contributed by atoms with Gasteiger partial charge in [-0.3, -0.25) is 19.4 Å². The van der Waals surface area contributed by atoms with Crippen LogP contribution in [0.3, 0.4) is 0 Å². The fourth-order valence-corrected chi connectivity index (χ4v) is 5.63. The molecule has 0 aliphatic carbocycles. The molecule has 4 atom stereocenters. The second-order valence-corrected chi connectivity index (χ2v) is 9.38. The number of rotatable bonds is 7. The molecule has 0 aromatic heterocycles. The monoisotopic (exact) mass is 444 g/mol. The first kappa shape index (κ1) is 23.0. The third-order valence-electron chi connectivity index (χ3n) is 7.42. The van der Waals surface area contributed by atoms with Gasteiger partial charge in [-0.1, -0.05) is 12.1 Å². The van der Waals surface area contributed by atoms with E-state index in [1.807, 2.05) is 17.0 Å². The van der Waals surface area contributed by atoms with Crippen molar-refractivity contribution in [3.8, 4) is 5.75 Å². The zero-order chi connectivity index (χ0) is 22.7. The topological polar surface area (TPSA) is 85.3 Å². The van der Waals surface area contributed by atoms with Gasteiger partial charge in [0.1, 0.15) is 11.8 Å². The van der Waals surface area contributed by atoms with Gasteiger partial charge in [-0.25, -0.2) is 0 Å². The zero-order valence-corrected chi connectivity index (χ0v) is 19.2. The average Bonchev–Trinajstić information content (AvgIpc) is 3.39. The van der Waals surface area contributed by atoms with E-state index in [2.05, 4.69) is 22.2 Å². The van der Waals surface area contributed by atoms with Crippen LogP contribution in [0.2, 0.25) is 0 Å². The van der Waals surface area contributed by atoms with Crippen molar-refractivity contribution in [1.29, 1.82) is 0 Å². The van der Waals surface area contributed by atoms with E-state index >= 15 is 0 Å². The highest BCUT2D eigenvalue weighted by Gasteiger charge is 2.45. The van der Waals surface area contributed by atoms with Crippen LogP contribution in [0.1, 0.15) is 37.7 Å². The van der Waals surface area contributed by atoms with Crippen molar-refractivity contribution in [2.24, 2.45) is 0 Å². The number of carbonyl (C=O) groups is 2. The lowest BCUT2D eigenvalue weighted by Gasteiger charge is -2.33. The number of amides is 2. The van der Waals surface area contributed by atoms with Gasteiger partial charge in [-0.05, 0) is 50.4 Å². The minimum Gasteiger partial charge on any atom is -0.508 e. The number of nitrogens with one attached hydrogen (secondary N) is 1. The van der Waals surface area contributed by atoms with Crippen LogP contribution < -0.4 is 5.32 Å². The Labute approximate surface area is 190 Å². The minimum atomic E-state index is -0.195. The number of likely N-dealkylation sites (N-methyl/N-ethyl adjacent to an activating group) is 1. The van der Waals surface area contributed by atoms with Gasteiger partial charge in [-0.15, -0.1) is 0 Å². The third kappa shape index (κ3) is 4.92. The summed E-state index contributed by atoms with van der Waals surface area (Å²) >= 11 is 0. The Morgan fingerprint density at radius 1 is 1.19 bits per heavy atom. The SMILES string of the molecule is COCC1CCCN1C(=O)CCC1CNC(=O)C2C(CCN2Cc2ccc(O)cc2)N1C. The molecule has 8 heteroatoms. The molecule has 0 radical (unpaired) electrons. The number of nitrogens with zero attached hydrogens (tertiary/aromatic N) is 3. The molecule has 3 fully saturated rings. The standard InChI is InChI=1S/C24H36N4O4/c1-26-18(7-10-22(30)28-12-3-4-19(28)16-32-2)14-25-24(31)23-21(26)11-13-27(23)15-17-5-8-20(29)9-6-17/h5-6,8-9,18-19,21,23,29H,3-4,7,10-16H2,1-2H3,(H,25,31). The molecule has 0 bridgehead atoms. The summed E-state index contributed by atoms with van der Waals surface area (Å²) in [7, 11) is 3.79. The molecule has 0 saturated carbocycles. The average molecular weight is 445 g/mol. The van der Waals surface area contributed by atoms with E-state index in [9.17, 15) is 14.7 Å². The molecule has 2 N–H and O–H groups in total. The number of likely N-dealkylation sites (tertiary alicyclic amines) is 2. The van der Waals surface area contributed by atoms with Crippen LogP contribution in [0.5, 0.6) is 5.75 Å². The number of methoxy groups -OCH3 is 1. The van der Waals surface area contributed by atoms with Gasteiger partial charge in [0.2, 0.25) is 11.8 Å². The largest absolute Gasteiger partial charge is 0.508 e. The molecule has 3 saturated heterocycles. The second kappa shape index (κ2) is 10.2. The predicted octanol–water partition coefficient (Wildman–Crippen LogP) is 1.18. The molecule has 3 aliphatic rings. The third-order valence-corrected chi connectivity index (χ3v) is 7.42. The van der Waals surface area contributed by atoms with Crippen LogP contribution >= 0.6 is 0 Å². The second-order valence-electron chi connectivity index (χ2n) is 9.38. The minimum absolute atomic E-state index is 0.0756. The smallest absolute Gasteiger partial charge is 0.239 e. The Morgan fingerprint density at radius 3 is 2.72 bits per heavy atom. The Kier molecular flexibility index (Phi) is 7.33.